The van der Waals surface area contributed by atoms with Crippen LogP contribution in [-0.4, -0.2) is 27.5 Å². The van der Waals surface area contributed by atoms with Gasteiger partial charge in [-0.25, -0.2) is 4.98 Å². The van der Waals surface area contributed by atoms with E-state index in [1.54, 1.807) is 0 Å². The molecule has 3 nitrogen and oxygen atoms in total. The molecule has 0 amide bonds. The molecular formula is C19H24ClN3. The van der Waals surface area contributed by atoms with Crippen molar-refractivity contribution in [1.29, 1.82) is 0 Å². The van der Waals surface area contributed by atoms with Gasteiger partial charge in [-0.15, -0.1) is 0 Å². The molecule has 0 bridgehead atoms. The number of benzene rings is 1. The summed E-state index contributed by atoms with van der Waals surface area (Å²) in [6.45, 7) is 4.43. The Bertz CT molecular complexity index is 662. The van der Waals surface area contributed by atoms with Gasteiger partial charge in [0.1, 0.15) is 5.82 Å². The summed E-state index contributed by atoms with van der Waals surface area (Å²) < 4.78 is 2.41. The molecular weight excluding hydrogens is 306 g/mol. The molecule has 2 aliphatic rings. The van der Waals surface area contributed by atoms with E-state index in [-0.39, 0.29) is 0 Å². The van der Waals surface area contributed by atoms with Crippen LogP contribution in [0.1, 0.15) is 43.0 Å². The van der Waals surface area contributed by atoms with Crippen LogP contribution in [0.15, 0.2) is 36.7 Å². The molecule has 2 aromatic rings. The molecule has 2 heterocycles. The van der Waals surface area contributed by atoms with E-state index >= 15 is 0 Å². The van der Waals surface area contributed by atoms with Crippen molar-refractivity contribution in [2.75, 3.05) is 13.1 Å². The van der Waals surface area contributed by atoms with Crippen molar-refractivity contribution in [1.82, 2.24) is 14.5 Å². The van der Waals surface area contributed by atoms with Crippen molar-refractivity contribution < 1.29 is 0 Å². The molecule has 122 valence electrons. The van der Waals surface area contributed by atoms with Crippen LogP contribution < -0.4 is 0 Å². The third-order valence-corrected chi connectivity index (χ3v) is 5.30. The van der Waals surface area contributed by atoms with Crippen molar-refractivity contribution >= 4 is 11.6 Å². The van der Waals surface area contributed by atoms with E-state index in [2.05, 4.69) is 27.8 Å². The van der Waals surface area contributed by atoms with E-state index in [9.17, 15) is 0 Å². The van der Waals surface area contributed by atoms with E-state index in [1.807, 2.05) is 18.3 Å². The average Bonchev–Trinajstić information content (AvgIpc) is 3.23. The number of hydrogen-bond donors (Lipinski definition) is 0. The molecule has 1 aromatic heterocycles. The molecule has 2 fully saturated rings. The minimum absolute atomic E-state index is 0.566. The van der Waals surface area contributed by atoms with E-state index < -0.39 is 0 Å². The van der Waals surface area contributed by atoms with Crippen LogP contribution in [0.25, 0.3) is 0 Å². The second-order valence-electron chi connectivity index (χ2n) is 7.09. The summed E-state index contributed by atoms with van der Waals surface area (Å²) in [5.74, 6) is 2.76. The first-order chi connectivity index (χ1) is 11.3. The monoisotopic (exact) mass is 329 g/mol. The van der Waals surface area contributed by atoms with Crippen LogP contribution in [0.5, 0.6) is 0 Å². The number of rotatable bonds is 5. The topological polar surface area (TPSA) is 21.1 Å². The van der Waals surface area contributed by atoms with Gasteiger partial charge in [0.15, 0.2) is 0 Å². The molecule has 0 radical (unpaired) electrons. The molecule has 1 saturated carbocycles. The van der Waals surface area contributed by atoms with Gasteiger partial charge in [0.2, 0.25) is 0 Å². The molecule has 1 saturated heterocycles. The highest BCUT2D eigenvalue weighted by Gasteiger charge is 2.27. The lowest BCUT2D eigenvalue weighted by molar-refractivity contribution is 0.194. The normalized spacial score (nSPS) is 22.4. The number of imidazole rings is 1. The highest BCUT2D eigenvalue weighted by Crippen LogP contribution is 2.33. The summed E-state index contributed by atoms with van der Waals surface area (Å²) in [5, 5.41) is 0.830. The Kier molecular flexibility index (Phi) is 4.41. The SMILES string of the molecule is Clc1cccc(CN2CCCC(c3nccn3CC3CC3)C2)c1. The molecule has 0 spiro atoms. The smallest absolute Gasteiger partial charge is 0.113 e. The molecule has 1 aliphatic carbocycles. The predicted octanol–water partition coefficient (Wildman–Crippen LogP) is 4.33. The van der Waals surface area contributed by atoms with E-state index in [4.69, 9.17) is 16.6 Å². The molecule has 1 aliphatic heterocycles. The van der Waals surface area contributed by atoms with Crippen LogP contribution in [0, 0.1) is 5.92 Å². The van der Waals surface area contributed by atoms with E-state index in [1.165, 1.54) is 50.2 Å². The summed E-state index contributed by atoms with van der Waals surface area (Å²) >= 11 is 6.12. The largest absolute Gasteiger partial charge is 0.334 e. The summed E-state index contributed by atoms with van der Waals surface area (Å²) in [7, 11) is 0. The second kappa shape index (κ2) is 6.66. The van der Waals surface area contributed by atoms with Crippen LogP contribution in [0.2, 0.25) is 5.02 Å². The second-order valence-corrected chi connectivity index (χ2v) is 7.52. The lowest BCUT2D eigenvalue weighted by Crippen LogP contribution is -2.35. The molecule has 0 N–H and O–H groups in total. The Morgan fingerprint density at radius 1 is 1.22 bits per heavy atom. The number of likely N-dealkylation sites (tertiary alicyclic amines) is 1. The average molecular weight is 330 g/mol. The fourth-order valence-corrected chi connectivity index (χ4v) is 3.93. The van der Waals surface area contributed by atoms with Crippen molar-refractivity contribution in [2.45, 2.75) is 44.7 Å². The number of halogens is 1. The molecule has 1 unspecified atom stereocenters. The highest BCUT2D eigenvalue weighted by atomic mass is 35.5. The van der Waals surface area contributed by atoms with Crippen LogP contribution in [0.4, 0.5) is 0 Å². The van der Waals surface area contributed by atoms with Gasteiger partial charge in [-0.3, -0.25) is 4.90 Å². The summed E-state index contributed by atoms with van der Waals surface area (Å²) in [6, 6.07) is 8.24. The van der Waals surface area contributed by atoms with E-state index in [0.717, 1.165) is 24.0 Å². The van der Waals surface area contributed by atoms with Gasteiger partial charge < -0.3 is 4.57 Å². The Morgan fingerprint density at radius 3 is 2.96 bits per heavy atom. The Morgan fingerprint density at radius 2 is 2.13 bits per heavy atom. The third kappa shape index (κ3) is 3.78. The van der Waals surface area contributed by atoms with Crippen LogP contribution >= 0.6 is 11.6 Å². The lowest BCUT2D eigenvalue weighted by atomic mass is 9.96. The lowest BCUT2D eigenvalue weighted by Gasteiger charge is -2.32. The minimum Gasteiger partial charge on any atom is -0.334 e. The maximum Gasteiger partial charge on any atom is 0.113 e. The third-order valence-electron chi connectivity index (χ3n) is 5.07. The van der Waals surface area contributed by atoms with Crippen LogP contribution in [-0.2, 0) is 13.1 Å². The molecule has 1 aromatic carbocycles. The first-order valence-corrected chi connectivity index (χ1v) is 9.13. The summed E-state index contributed by atoms with van der Waals surface area (Å²) in [5.41, 5.74) is 1.31. The van der Waals surface area contributed by atoms with E-state index in [0.29, 0.717) is 5.92 Å². The number of piperidine rings is 1. The predicted molar refractivity (Wildman–Crippen MR) is 93.7 cm³/mol. The van der Waals surface area contributed by atoms with Gasteiger partial charge in [0.25, 0.3) is 0 Å². The zero-order valence-electron chi connectivity index (χ0n) is 13.5. The van der Waals surface area contributed by atoms with Gasteiger partial charge in [-0.1, -0.05) is 23.7 Å². The van der Waals surface area contributed by atoms with Crippen molar-refractivity contribution in [3.05, 3.63) is 53.1 Å². The fourth-order valence-electron chi connectivity index (χ4n) is 3.72. The summed E-state index contributed by atoms with van der Waals surface area (Å²) in [6.07, 6.45) is 9.44. The molecule has 4 rings (SSSR count). The van der Waals surface area contributed by atoms with Crippen LogP contribution in [0.3, 0.4) is 0 Å². The number of hydrogen-bond acceptors (Lipinski definition) is 2. The fraction of sp³-hybridized carbons (Fsp3) is 0.526. The van der Waals surface area contributed by atoms with Crippen molar-refractivity contribution in [2.24, 2.45) is 5.92 Å². The van der Waals surface area contributed by atoms with Gasteiger partial charge in [0.05, 0.1) is 0 Å². The number of aromatic nitrogens is 2. The maximum atomic E-state index is 6.12. The minimum atomic E-state index is 0.566. The summed E-state index contributed by atoms with van der Waals surface area (Å²) in [4.78, 5) is 7.24. The standard InChI is InChI=1S/C19H24ClN3/c20-18-5-1-3-16(11-18)12-22-9-2-4-17(14-22)19-21-8-10-23(19)13-15-6-7-15/h1,3,5,8,10-11,15,17H,2,4,6-7,9,12-14H2. The Hall–Kier alpha value is -1.32. The number of nitrogens with zero attached hydrogens (tertiary/aromatic N) is 3. The zero-order valence-corrected chi connectivity index (χ0v) is 14.3. The van der Waals surface area contributed by atoms with Gasteiger partial charge in [-0.2, -0.15) is 0 Å². The quantitative estimate of drug-likeness (QED) is 0.814. The molecule has 4 heteroatoms. The Labute approximate surface area is 143 Å². The van der Waals surface area contributed by atoms with Gasteiger partial charge >= 0.3 is 0 Å². The zero-order chi connectivity index (χ0) is 15.6. The van der Waals surface area contributed by atoms with Crippen molar-refractivity contribution in [3.63, 3.8) is 0 Å². The first kappa shape index (κ1) is 15.2. The first-order valence-electron chi connectivity index (χ1n) is 8.76. The van der Waals surface area contributed by atoms with Crippen molar-refractivity contribution in [3.8, 4) is 0 Å². The molecule has 1 atom stereocenters. The highest BCUT2D eigenvalue weighted by molar-refractivity contribution is 6.30. The Balaban J connectivity index is 1.43. The molecule has 23 heavy (non-hydrogen) atoms. The maximum absolute atomic E-state index is 6.12. The van der Waals surface area contributed by atoms with Gasteiger partial charge in [-0.05, 0) is 55.8 Å². The van der Waals surface area contributed by atoms with Gasteiger partial charge in [0, 0.05) is 43.0 Å².